The van der Waals surface area contributed by atoms with Crippen LogP contribution in [0.25, 0.3) is 0 Å². The molecule has 1 unspecified atom stereocenters. The Bertz CT molecular complexity index is 1370. The highest BCUT2D eigenvalue weighted by molar-refractivity contribution is 5.71. The van der Waals surface area contributed by atoms with Crippen molar-refractivity contribution < 1.29 is 28.6 Å². The second-order valence-corrected chi connectivity index (χ2v) is 19.9. The first kappa shape index (κ1) is 67.6. The third-order valence-corrected chi connectivity index (χ3v) is 12.9. The molecule has 0 aliphatic heterocycles. The summed E-state index contributed by atoms with van der Waals surface area (Å²) in [6.45, 7) is 6.49. The summed E-state index contributed by atoms with van der Waals surface area (Å²) in [7, 11) is 0. The van der Waals surface area contributed by atoms with Crippen molar-refractivity contribution in [2.24, 2.45) is 0 Å². The summed E-state index contributed by atoms with van der Waals surface area (Å²) in [5, 5.41) is 0. The van der Waals surface area contributed by atoms with Crippen LogP contribution in [0.15, 0.2) is 85.1 Å². The zero-order valence-electron chi connectivity index (χ0n) is 46.7. The molecule has 0 aromatic rings. The van der Waals surface area contributed by atoms with Gasteiger partial charge in [-0.15, -0.1) is 0 Å². The first-order chi connectivity index (χ1) is 35.0. The van der Waals surface area contributed by atoms with Gasteiger partial charge in [0.15, 0.2) is 6.10 Å². The lowest BCUT2D eigenvalue weighted by atomic mass is 10.1. The van der Waals surface area contributed by atoms with Crippen molar-refractivity contribution in [1.82, 2.24) is 0 Å². The monoisotopic (exact) mass is 989 g/mol. The molecule has 0 spiro atoms. The lowest BCUT2D eigenvalue weighted by molar-refractivity contribution is -0.167. The van der Waals surface area contributed by atoms with Gasteiger partial charge in [0.2, 0.25) is 0 Å². The molecule has 0 amide bonds. The van der Waals surface area contributed by atoms with E-state index in [1.54, 1.807) is 0 Å². The second kappa shape index (κ2) is 59.2. The van der Waals surface area contributed by atoms with Crippen molar-refractivity contribution in [2.75, 3.05) is 13.2 Å². The first-order valence-corrected chi connectivity index (χ1v) is 30.1. The standard InChI is InChI=1S/C65H112O6/c1-4-7-10-13-16-19-22-25-28-31-33-35-37-40-43-46-49-52-55-58-64(67)70-61-62(60-69-63(66)57-54-51-48-45-42-39-36-30-27-24-21-18-15-12-9-6-3)71-65(68)59-56-53-50-47-44-41-38-34-32-29-26-23-20-17-14-11-8-5-2/h9,12,16,18-19,21-22,25,27,29-30,32,34,38,62H,4-8,10-11,13-15,17,20,23-24,26,28,31,33,35-37,39-61H2,1-3H3/b12-9-,19-16-,21-18-,25-22-,30-27-,32-29-,38-34-. The number of hydrogen-bond acceptors (Lipinski definition) is 6. The molecule has 0 saturated heterocycles. The first-order valence-electron chi connectivity index (χ1n) is 30.1. The van der Waals surface area contributed by atoms with Crippen LogP contribution in [0.2, 0.25) is 0 Å². The molecule has 0 aromatic carbocycles. The quantitative estimate of drug-likeness (QED) is 0.0199. The van der Waals surface area contributed by atoms with Crippen LogP contribution in [-0.4, -0.2) is 37.2 Å². The predicted molar refractivity (Wildman–Crippen MR) is 307 cm³/mol. The van der Waals surface area contributed by atoms with Gasteiger partial charge in [-0.05, 0) is 103 Å². The molecule has 0 aliphatic carbocycles. The molecule has 1 atom stereocenters. The van der Waals surface area contributed by atoms with E-state index in [1.165, 1.54) is 148 Å². The van der Waals surface area contributed by atoms with Crippen molar-refractivity contribution in [3.05, 3.63) is 85.1 Å². The zero-order valence-corrected chi connectivity index (χ0v) is 46.7. The van der Waals surface area contributed by atoms with Gasteiger partial charge in [-0.2, -0.15) is 0 Å². The minimum atomic E-state index is -0.793. The summed E-state index contributed by atoms with van der Waals surface area (Å²) in [5.74, 6) is -0.912. The SMILES string of the molecule is CC/C=C\C/C=C\C/C=C\CCCCCCCCC(=O)OCC(COC(=O)CCCCCCCCCCCC/C=C\C=C/CCCCC)OC(=O)CCCCCCC/C=C\C=C/CCCCCCCCC. The Morgan fingerprint density at radius 1 is 0.310 bits per heavy atom. The maximum absolute atomic E-state index is 12.9. The lowest BCUT2D eigenvalue weighted by Crippen LogP contribution is -2.30. The molecule has 0 heterocycles. The number of allylic oxidation sites excluding steroid dienone is 14. The molecule has 6 nitrogen and oxygen atoms in total. The van der Waals surface area contributed by atoms with Crippen molar-refractivity contribution in [2.45, 2.75) is 297 Å². The molecule has 6 heteroatoms. The van der Waals surface area contributed by atoms with E-state index in [2.05, 4.69) is 106 Å². The van der Waals surface area contributed by atoms with Crippen LogP contribution in [0.1, 0.15) is 290 Å². The van der Waals surface area contributed by atoms with Crippen molar-refractivity contribution >= 4 is 17.9 Å². The molecule has 0 aliphatic rings. The van der Waals surface area contributed by atoms with Gasteiger partial charge >= 0.3 is 17.9 Å². The smallest absolute Gasteiger partial charge is 0.306 e. The third kappa shape index (κ3) is 57.4. The maximum Gasteiger partial charge on any atom is 0.306 e. The van der Waals surface area contributed by atoms with Crippen LogP contribution in [-0.2, 0) is 28.6 Å². The van der Waals surface area contributed by atoms with E-state index in [4.69, 9.17) is 14.2 Å². The molecule has 0 radical (unpaired) electrons. The number of unbranched alkanes of at least 4 members (excludes halogenated alkanes) is 31. The second-order valence-electron chi connectivity index (χ2n) is 19.9. The van der Waals surface area contributed by atoms with Gasteiger partial charge in [0.05, 0.1) is 0 Å². The van der Waals surface area contributed by atoms with Crippen LogP contribution in [0, 0.1) is 0 Å². The van der Waals surface area contributed by atoms with E-state index in [1.807, 2.05) is 0 Å². The van der Waals surface area contributed by atoms with Gasteiger partial charge in [-0.25, -0.2) is 0 Å². The van der Waals surface area contributed by atoms with Crippen molar-refractivity contribution in [1.29, 1.82) is 0 Å². The van der Waals surface area contributed by atoms with Crippen LogP contribution in [0.4, 0.5) is 0 Å². The maximum atomic E-state index is 12.9. The Morgan fingerprint density at radius 2 is 0.592 bits per heavy atom. The average molecular weight is 990 g/mol. The minimum absolute atomic E-state index is 0.0886. The zero-order chi connectivity index (χ0) is 51.4. The van der Waals surface area contributed by atoms with Gasteiger partial charge in [0.1, 0.15) is 13.2 Å². The third-order valence-electron chi connectivity index (χ3n) is 12.9. The number of ether oxygens (including phenoxy) is 3. The summed E-state index contributed by atoms with van der Waals surface area (Å²) in [4.78, 5) is 38.2. The molecule has 408 valence electrons. The van der Waals surface area contributed by atoms with Crippen molar-refractivity contribution in [3.8, 4) is 0 Å². The molecule has 0 fully saturated rings. The van der Waals surface area contributed by atoms with E-state index < -0.39 is 6.10 Å². The van der Waals surface area contributed by atoms with Gasteiger partial charge in [0, 0.05) is 19.3 Å². The highest BCUT2D eigenvalue weighted by Crippen LogP contribution is 2.15. The fourth-order valence-corrected chi connectivity index (χ4v) is 8.38. The summed E-state index contributed by atoms with van der Waals surface area (Å²) < 4.78 is 16.9. The van der Waals surface area contributed by atoms with E-state index in [0.717, 1.165) is 103 Å². The number of rotatable bonds is 54. The van der Waals surface area contributed by atoms with E-state index in [0.29, 0.717) is 19.3 Å². The van der Waals surface area contributed by atoms with Crippen LogP contribution < -0.4 is 0 Å². The predicted octanol–water partition coefficient (Wildman–Crippen LogP) is 20.3. The topological polar surface area (TPSA) is 78.9 Å². The van der Waals surface area contributed by atoms with E-state index >= 15 is 0 Å². The molecule has 0 saturated carbocycles. The largest absolute Gasteiger partial charge is 0.462 e. The number of carbonyl (C=O) groups excluding carboxylic acids is 3. The summed E-state index contributed by atoms with van der Waals surface area (Å²) >= 11 is 0. The van der Waals surface area contributed by atoms with Gasteiger partial charge < -0.3 is 14.2 Å². The fourth-order valence-electron chi connectivity index (χ4n) is 8.38. The Balaban J connectivity index is 4.43. The number of esters is 3. The summed E-state index contributed by atoms with van der Waals surface area (Å²) in [6, 6.07) is 0. The van der Waals surface area contributed by atoms with Crippen LogP contribution in [0.3, 0.4) is 0 Å². The Labute approximate surface area is 439 Å². The Kier molecular flexibility index (Phi) is 56.3. The summed E-state index contributed by atoms with van der Waals surface area (Å²) in [6.07, 6.45) is 77.1. The van der Waals surface area contributed by atoms with Gasteiger partial charge in [0.25, 0.3) is 0 Å². The number of carbonyl (C=O) groups is 3. The van der Waals surface area contributed by atoms with Crippen molar-refractivity contribution in [3.63, 3.8) is 0 Å². The lowest BCUT2D eigenvalue weighted by Gasteiger charge is -2.18. The molecular weight excluding hydrogens is 877 g/mol. The summed E-state index contributed by atoms with van der Waals surface area (Å²) in [5.41, 5.74) is 0. The van der Waals surface area contributed by atoms with E-state index in [-0.39, 0.29) is 31.1 Å². The van der Waals surface area contributed by atoms with E-state index in [9.17, 15) is 14.4 Å². The molecule has 0 rings (SSSR count). The molecule has 0 aromatic heterocycles. The van der Waals surface area contributed by atoms with Gasteiger partial charge in [-0.1, -0.05) is 254 Å². The van der Waals surface area contributed by atoms with Gasteiger partial charge in [-0.3, -0.25) is 14.4 Å². The van der Waals surface area contributed by atoms with Crippen LogP contribution in [0.5, 0.6) is 0 Å². The highest BCUT2D eigenvalue weighted by Gasteiger charge is 2.19. The minimum Gasteiger partial charge on any atom is -0.462 e. The fraction of sp³-hybridized carbons (Fsp3) is 0.738. The number of hydrogen-bond donors (Lipinski definition) is 0. The van der Waals surface area contributed by atoms with Crippen LogP contribution >= 0.6 is 0 Å². The molecule has 0 N–H and O–H groups in total. The molecule has 71 heavy (non-hydrogen) atoms. The molecule has 0 bridgehead atoms. The highest BCUT2D eigenvalue weighted by atomic mass is 16.6. The average Bonchev–Trinajstić information content (AvgIpc) is 3.37. The Morgan fingerprint density at radius 3 is 0.972 bits per heavy atom. The Hall–Kier alpha value is -3.41. The molecular formula is C65H112O6. The normalized spacial score (nSPS) is 12.7.